The molecule has 114 valence electrons. The Bertz CT molecular complexity index is 386. The zero-order valence-electron chi connectivity index (χ0n) is 11.9. The lowest BCUT2D eigenvalue weighted by atomic mass is 10.1. The average Bonchev–Trinajstić information content (AvgIpc) is 3.03. The third-order valence-electron chi connectivity index (χ3n) is 4.25. The van der Waals surface area contributed by atoms with Gasteiger partial charge in [0.25, 0.3) is 0 Å². The van der Waals surface area contributed by atoms with Crippen molar-refractivity contribution in [1.29, 1.82) is 0 Å². The first-order chi connectivity index (χ1) is 9.49. The molecule has 2 rings (SSSR count). The number of hydrogen-bond acceptors (Lipinski definition) is 4. The average molecular weight is 318 g/mol. The van der Waals surface area contributed by atoms with Crippen LogP contribution in [0.3, 0.4) is 0 Å². The van der Waals surface area contributed by atoms with Gasteiger partial charge in [-0.2, -0.15) is 11.8 Å². The summed E-state index contributed by atoms with van der Waals surface area (Å²) in [5, 5.41) is 12.1. The van der Waals surface area contributed by atoms with E-state index in [2.05, 4.69) is 11.6 Å². The number of amides is 2. The van der Waals surface area contributed by atoms with E-state index in [0.717, 1.165) is 12.8 Å². The third kappa shape index (κ3) is 3.19. The Hall–Kier alpha value is -0.560. The van der Waals surface area contributed by atoms with Crippen molar-refractivity contribution in [1.82, 2.24) is 10.2 Å². The first-order valence-electron chi connectivity index (χ1n) is 6.95. The molecule has 7 heteroatoms. The number of carbonyl (C=O) groups excluding carboxylic acids is 1. The van der Waals surface area contributed by atoms with Crippen LogP contribution >= 0.6 is 23.5 Å². The molecule has 2 aliphatic rings. The standard InChI is InChI=1S/C13H22N2O3S2/c1-9-15(10(7-20-9)11(16)17)12(18)14-8-13(19-2)5-3-4-6-13/h9-10H,3-8H2,1-2H3,(H,14,18)(H,16,17). The number of carboxylic acid groups (broad SMARTS) is 1. The number of rotatable bonds is 4. The van der Waals surface area contributed by atoms with Crippen molar-refractivity contribution in [2.75, 3.05) is 18.6 Å². The monoisotopic (exact) mass is 318 g/mol. The summed E-state index contributed by atoms with van der Waals surface area (Å²) in [6.45, 7) is 2.51. The first-order valence-corrected chi connectivity index (χ1v) is 9.22. The number of aliphatic carboxylic acids is 1. The molecule has 1 aliphatic carbocycles. The second-order valence-electron chi connectivity index (χ2n) is 5.45. The van der Waals surface area contributed by atoms with Crippen LogP contribution in [-0.4, -0.2) is 56.7 Å². The molecule has 0 spiro atoms. The van der Waals surface area contributed by atoms with Gasteiger partial charge in [0.1, 0.15) is 6.04 Å². The predicted octanol–water partition coefficient (Wildman–Crippen LogP) is 2.22. The Morgan fingerprint density at radius 3 is 2.65 bits per heavy atom. The first kappa shape index (κ1) is 15.8. The minimum absolute atomic E-state index is 0.0788. The summed E-state index contributed by atoms with van der Waals surface area (Å²) in [7, 11) is 0. The van der Waals surface area contributed by atoms with Crippen LogP contribution in [0.25, 0.3) is 0 Å². The summed E-state index contributed by atoms with van der Waals surface area (Å²) in [6, 6.07) is -0.945. The molecule has 5 nitrogen and oxygen atoms in total. The Kier molecular flexibility index (Phi) is 5.12. The van der Waals surface area contributed by atoms with E-state index < -0.39 is 12.0 Å². The van der Waals surface area contributed by atoms with E-state index in [1.165, 1.54) is 29.5 Å². The number of hydrogen-bond donors (Lipinski definition) is 2. The van der Waals surface area contributed by atoms with Gasteiger partial charge in [0.2, 0.25) is 0 Å². The topological polar surface area (TPSA) is 69.6 Å². The molecule has 0 bridgehead atoms. The molecule has 2 N–H and O–H groups in total. The van der Waals surface area contributed by atoms with Gasteiger partial charge in [-0.15, -0.1) is 11.8 Å². The minimum atomic E-state index is -0.919. The van der Waals surface area contributed by atoms with Gasteiger partial charge in [-0.05, 0) is 26.0 Å². The number of nitrogens with zero attached hydrogens (tertiary/aromatic N) is 1. The Morgan fingerprint density at radius 2 is 2.10 bits per heavy atom. The molecule has 2 amide bonds. The fraction of sp³-hybridized carbons (Fsp3) is 0.846. The van der Waals surface area contributed by atoms with E-state index in [1.54, 1.807) is 0 Å². The zero-order chi connectivity index (χ0) is 14.8. The molecule has 20 heavy (non-hydrogen) atoms. The van der Waals surface area contributed by atoms with Crippen LogP contribution in [0.1, 0.15) is 32.6 Å². The number of carboxylic acids is 1. The predicted molar refractivity (Wildman–Crippen MR) is 83.3 cm³/mol. The van der Waals surface area contributed by atoms with E-state index >= 15 is 0 Å². The summed E-state index contributed by atoms with van der Waals surface area (Å²) in [4.78, 5) is 25.0. The van der Waals surface area contributed by atoms with E-state index in [9.17, 15) is 14.7 Å². The van der Waals surface area contributed by atoms with E-state index in [-0.39, 0.29) is 16.2 Å². The molecule has 0 radical (unpaired) electrons. The molecular weight excluding hydrogens is 296 g/mol. The van der Waals surface area contributed by atoms with Gasteiger partial charge in [-0.3, -0.25) is 4.90 Å². The summed E-state index contributed by atoms with van der Waals surface area (Å²) >= 11 is 3.33. The van der Waals surface area contributed by atoms with Crippen LogP contribution < -0.4 is 5.32 Å². The van der Waals surface area contributed by atoms with Crippen molar-refractivity contribution in [3.63, 3.8) is 0 Å². The summed E-state index contributed by atoms with van der Waals surface area (Å²) < 4.78 is 0.143. The smallest absolute Gasteiger partial charge is 0.327 e. The highest BCUT2D eigenvalue weighted by Crippen LogP contribution is 2.39. The van der Waals surface area contributed by atoms with Gasteiger partial charge in [0, 0.05) is 17.0 Å². The van der Waals surface area contributed by atoms with E-state index in [4.69, 9.17) is 0 Å². The lowest BCUT2D eigenvalue weighted by Crippen LogP contribution is -2.51. The fourth-order valence-electron chi connectivity index (χ4n) is 2.94. The molecule has 2 fully saturated rings. The van der Waals surface area contributed by atoms with Crippen molar-refractivity contribution >= 4 is 35.5 Å². The van der Waals surface area contributed by atoms with Crippen molar-refractivity contribution in [3.8, 4) is 0 Å². The maximum Gasteiger partial charge on any atom is 0.327 e. The van der Waals surface area contributed by atoms with Crippen LogP contribution in [0.15, 0.2) is 0 Å². The maximum absolute atomic E-state index is 12.3. The summed E-state index contributed by atoms with van der Waals surface area (Å²) in [5.41, 5.74) is 0. The number of nitrogens with one attached hydrogen (secondary N) is 1. The van der Waals surface area contributed by atoms with Gasteiger partial charge >= 0.3 is 12.0 Å². The van der Waals surface area contributed by atoms with Crippen LogP contribution in [-0.2, 0) is 4.79 Å². The fourth-order valence-corrected chi connectivity index (χ4v) is 5.02. The molecular formula is C13H22N2O3S2. The molecule has 0 aromatic carbocycles. The third-order valence-corrected chi connectivity index (χ3v) is 6.89. The van der Waals surface area contributed by atoms with Gasteiger partial charge in [-0.25, -0.2) is 9.59 Å². The van der Waals surface area contributed by atoms with Crippen LogP contribution in [0, 0.1) is 0 Å². The maximum atomic E-state index is 12.3. The molecule has 2 atom stereocenters. The second-order valence-corrected chi connectivity index (χ2v) is 8.07. The van der Waals surface area contributed by atoms with Crippen molar-refractivity contribution in [3.05, 3.63) is 0 Å². The Labute approximate surface area is 128 Å². The molecule has 1 saturated carbocycles. The van der Waals surface area contributed by atoms with Gasteiger partial charge in [0.05, 0.1) is 5.37 Å². The van der Waals surface area contributed by atoms with E-state index in [0.29, 0.717) is 12.3 Å². The van der Waals surface area contributed by atoms with Gasteiger partial charge in [-0.1, -0.05) is 12.8 Å². The number of thioether (sulfide) groups is 2. The highest BCUT2D eigenvalue weighted by Gasteiger charge is 2.40. The Balaban J connectivity index is 1.95. The van der Waals surface area contributed by atoms with Crippen molar-refractivity contribution in [2.24, 2.45) is 0 Å². The second kappa shape index (κ2) is 6.47. The van der Waals surface area contributed by atoms with Gasteiger partial charge in [0.15, 0.2) is 0 Å². The lowest BCUT2D eigenvalue weighted by molar-refractivity contribution is -0.141. The minimum Gasteiger partial charge on any atom is -0.480 e. The highest BCUT2D eigenvalue weighted by atomic mass is 32.2. The Morgan fingerprint density at radius 1 is 1.45 bits per heavy atom. The normalized spacial score (nSPS) is 28.6. The molecule has 2 unspecified atom stereocenters. The quantitative estimate of drug-likeness (QED) is 0.832. The molecule has 1 heterocycles. The number of urea groups is 1. The summed E-state index contributed by atoms with van der Waals surface area (Å²) in [5.74, 6) is -0.449. The van der Waals surface area contributed by atoms with Crippen LogP contribution in [0.5, 0.6) is 0 Å². The van der Waals surface area contributed by atoms with Crippen LogP contribution in [0.4, 0.5) is 4.79 Å². The van der Waals surface area contributed by atoms with Gasteiger partial charge < -0.3 is 10.4 Å². The highest BCUT2D eigenvalue weighted by molar-refractivity contribution is 8.00. The van der Waals surface area contributed by atoms with Crippen molar-refractivity contribution < 1.29 is 14.7 Å². The van der Waals surface area contributed by atoms with E-state index in [1.807, 2.05) is 18.7 Å². The number of carbonyl (C=O) groups is 2. The van der Waals surface area contributed by atoms with Crippen molar-refractivity contribution in [2.45, 2.75) is 48.8 Å². The SMILES string of the molecule is CSC1(CNC(=O)N2C(C)SCC2C(=O)O)CCCC1. The molecule has 0 aromatic heterocycles. The lowest BCUT2D eigenvalue weighted by Gasteiger charge is -2.30. The molecule has 1 saturated heterocycles. The van der Waals surface area contributed by atoms with Crippen LogP contribution in [0.2, 0.25) is 0 Å². The summed E-state index contributed by atoms with van der Waals surface area (Å²) in [6.07, 6.45) is 6.77. The molecule has 0 aromatic rings. The largest absolute Gasteiger partial charge is 0.480 e. The zero-order valence-corrected chi connectivity index (χ0v) is 13.6. The molecule has 1 aliphatic heterocycles.